The summed E-state index contributed by atoms with van der Waals surface area (Å²) in [6.45, 7) is 0. The van der Waals surface area contributed by atoms with Crippen molar-refractivity contribution in [3.05, 3.63) is 83.6 Å². The molecule has 7 nitrogen and oxygen atoms in total. The van der Waals surface area contributed by atoms with E-state index in [1.807, 2.05) is 78.5 Å². The molecule has 0 saturated carbocycles. The molecule has 1 heterocycles. The summed E-state index contributed by atoms with van der Waals surface area (Å²) in [6, 6.07) is 17.3. The Morgan fingerprint density at radius 2 is 1.54 bits per heavy atom. The molecule has 190 valence electrons. The van der Waals surface area contributed by atoms with E-state index in [9.17, 15) is 4.79 Å². The summed E-state index contributed by atoms with van der Waals surface area (Å²) in [5.41, 5.74) is 4.35. The van der Waals surface area contributed by atoms with Crippen molar-refractivity contribution in [2.45, 2.75) is 0 Å². The molecule has 37 heavy (non-hydrogen) atoms. The number of carbonyl (C=O) groups excluding carboxylic acids is 1. The van der Waals surface area contributed by atoms with Gasteiger partial charge in [-0.05, 0) is 47.5 Å². The first-order valence-corrected chi connectivity index (χ1v) is 11.7. The van der Waals surface area contributed by atoms with Gasteiger partial charge in [0.15, 0.2) is 11.5 Å². The fourth-order valence-electron chi connectivity index (χ4n) is 4.15. The van der Waals surface area contributed by atoms with Crippen LogP contribution in [0.3, 0.4) is 0 Å². The molecule has 0 aliphatic heterocycles. The van der Waals surface area contributed by atoms with Gasteiger partial charge in [0.1, 0.15) is 5.75 Å². The highest BCUT2D eigenvalue weighted by molar-refractivity contribution is 6.04. The topological polar surface area (TPSA) is 71.0 Å². The molecule has 0 unspecified atom stereocenters. The molecule has 0 saturated heterocycles. The average Bonchev–Trinajstić information content (AvgIpc) is 3.25. The summed E-state index contributed by atoms with van der Waals surface area (Å²) in [5.74, 6) is 2.03. The van der Waals surface area contributed by atoms with Crippen LogP contribution in [0.2, 0.25) is 0 Å². The summed E-state index contributed by atoms with van der Waals surface area (Å²) in [4.78, 5) is 12.9. The van der Waals surface area contributed by atoms with Gasteiger partial charge in [0.2, 0.25) is 11.7 Å². The molecule has 1 amide bonds. The fraction of sp³-hybridized carbons (Fsp3) is 0.167. The Morgan fingerprint density at radius 1 is 0.811 bits per heavy atom. The van der Waals surface area contributed by atoms with Crippen molar-refractivity contribution in [1.29, 1.82) is 0 Å². The van der Waals surface area contributed by atoms with Crippen LogP contribution in [0.25, 0.3) is 29.1 Å². The van der Waals surface area contributed by atoms with Crippen molar-refractivity contribution in [2.75, 3.05) is 33.8 Å². The van der Waals surface area contributed by atoms with Crippen LogP contribution in [0, 0.1) is 0 Å². The first-order valence-electron chi connectivity index (χ1n) is 11.7. The lowest BCUT2D eigenvalue weighted by Gasteiger charge is -2.13. The number of benzene rings is 3. The highest BCUT2D eigenvalue weighted by Gasteiger charge is 2.12. The molecule has 0 aliphatic rings. The number of anilines is 1. The second-order valence-electron chi connectivity index (χ2n) is 8.28. The van der Waals surface area contributed by atoms with Gasteiger partial charge in [0.25, 0.3) is 0 Å². The van der Waals surface area contributed by atoms with Crippen LogP contribution in [0.5, 0.6) is 23.0 Å². The standard InChI is InChI=1S/C30H30N2O5/c1-32-19-22(24-8-6-7-9-26(24)32)13-15-29(33)31-25-18-23(34-2)14-12-21(25)11-10-20-16-27(35-3)30(37-5)28(17-20)36-4/h6-19H,1-5H3,(H,31,33)/b11-10?,15-13+. The molecule has 1 aromatic heterocycles. The van der Waals surface area contributed by atoms with Gasteiger partial charge in [0.05, 0.1) is 34.1 Å². The first kappa shape index (κ1) is 25.4. The van der Waals surface area contributed by atoms with E-state index < -0.39 is 0 Å². The molecule has 0 fully saturated rings. The number of ether oxygens (including phenoxy) is 4. The smallest absolute Gasteiger partial charge is 0.248 e. The van der Waals surface area contributed by atoms with Gasteiger partial charge in [0, 0.05) is 41.9 Å². The zero-order valence-corrected chi connectivity index (χ0v) is 21.6. The minimum absolute atomic E-state index is 0.247. The Balaban J connectivity index is 1.60. The van der Waals surface area contributed by atoms with E-state index in [0.717, 1.165) is 27.6 Å². The van der Waals surface area contributed by atoms with Crippen LogP contribution < -0.4 is 24.3 Å². The minimum atomic E-state index is -0.247. The van der Waals surface area contributed by atoms with Crippen molar-refractivity contribution in [2.24, 2.45) is 7.05 Å². The molecule has 7 heteroatoms. The van der Waals surface area contributed by atoms with Crippen molar-refractivity contribution in [3.8, 4) is 23.0 Å². The summed E-state index contributed by atoms with van der Waals surface area (Å²) in [6.07, 6.45) is 9.18. The van der Waals surface area contributed by atoms with E-state index in [-0.39, 0.29) is 5.91 Å². The lowest BCUT2D eigenvalue weighted by atomic mass is 10.1. The number of aryl methyl sites for hydroxylation is 1. The number of rotatable bonds is 9. The van der Waals surface area contributed by atoms with E-state index in [1.165, 1.54) is 6.08 Å². The van der Waals surface area contributed by atoms with E-state index in [2.05, 4.69) is 11.4 Å². The highest BCUT2D eigenvalue weighted by Crippen LogP contribution is 2.38. The molecular weight excluding hydrogens is 468 g/mol. The maximum atomic E-state index is 12.9. The predicted octanol–water partition coefficient (Wildman–Crippen LogP) is 6.04. The highest BCUT2D eigenvalue weighted by atomic mass is 16.5. The third kappa shape index (κ3) is 5.62. The molecule has 0 radical (unpaired) electrons. The van der Waals surface area contributed by atoms with Gasteiger partial charge in [-0.25, -0.2) is 0 Å². The van der Waals surface area contributed by atoms with Crippen molar-refractivity contribution >= 4 is 40.7 Å². The molecule has 0 spiro atoms. The zero-order chi connectivity index (χ0) is 26.4. The van der Waals surface area contributed by atoms with Crippen LogP contribution in [0.1, 0.15) is 16.7 Å². The molecule has 0 bridgehead atoms. The normalized spacial score (nSPS) is 11.3. The molecule has 3 aromatic carbocycles. The number of amides is 1. The minimum Gasteiger partial charge on any atom is -0.497 e. The average molecular weight is 499 g/mol. The Morgan fingerprint density at radius 3 is 2.22 bits per heavy atom. The number of carbonyl (C=O) groups is 1. The number of methoxy groups -OCH3 is 4. The molecule has 1 N–H and O–H groups in total. The van der Waals surface area contributed by atoms with Gasteiger partial charge in [-0.1, -0.05) is 30.4 Å². The number of hydrogen-bond donors (Lipinski definition) is 1. The van der Waals surface area contributed by atoms with Crippen molar-refractivity contribution in [1.82, 2.24) is 4.57 Å². The van der Waals surface area contributed by atoms with Crippen LogP contribution in [0.4, 0.5) is 5.69 Å². The van der Waals surface area contributed by atoms with Crippen LogP contribution in [0.15, 0.2) is 66.9 Å². The van der Waals surface area contributed by atoms with Gasteiger partial charge < -0.3 is 28.8 Å². The lowest BCUT2D eigenvalue weighted by molar-refractivity contribution is -0.111. The SMILES string of the molecule is COc1ccc(C=Cc2cc(OC)c(OC)c(OC)c2)c(NC(=O)/C=C/c2cn(C)c3ccccc23)c1. The van der Waals surface area contributed by atoms with E-state index >= 15 is 0 Å². The Labute approximate surface area is 216 Å². The Kier molecular flexibility index (Phi) is 7.83. The number of hydrogen-bond acceptors (Lipinski definition) is 5. The van der Waals surface area contributed by atoms with Crippen LogP contribution in [-0.4, -0.2) is 38.9 Å². The fourth-order valence-corrected chi connectivity index (χ4v) is 4.15. The van der Waals surface area contributed by atoms with E-state index in [1.54, 1.807) is 34.5 Å². The first-order chi connectivity index (χ1) is 18.0. The van der Waals surface area contributed by atoms with Crippen LogP contribution >= 0.6 is 0 Å². The predicted molar refractivity (Wildman–Crippen MR) is 149 cm³/mol. The molecule has 0 atom stereocenters. The number of nitrogens with zero attached hydrogens (tertiary/aromatic N) is 1. The third-order valence-electron chi connectivity index (χ3n) is 6.00. The van der Waals surface area contributed by atoms with Gasteiger partial charge in [-0.3, -0.25) is 4.79 Å². The molecular formula is C30H30N2O5. The second kappa shape index (κ2) is 11.4. The molecule has 4 rings (SSSR count). The summed E-state index contributed by atoms with van der Waals surface area (Å²) < 4.78 is 23.7. The van der Waals surface area contributed by atoms with Crippen molar-refractivity contribution < 1.29 is 23.7 Å². The summed E-state index contributed by atoms with van der Waals surface area (Å²) >= 11 is 0. The maximum Gasteiger partial charge on any atom is 0.248 e. The van der Waals surface area contributed by atoms with E-state index in [4.69, 9.17) is 18.9 Å². The number of fused-ring (bicyclic) bond motifs is 1. The summed E-state index contributed by atoms with van der Waals surface area (Å²) in [7, 11) is 8.30. The summed E-state index contributed by atoms with van der Waals surface area (Å²) in [5, 5.41) is 4.06. The van der Waals surface area contributed by atoms with Gasteiger partial charge >= 0.3 is 0 Å². The number of para-hydroxylation sites is 1. The quantitative estimate of drug-likeness (QED) is 0.225. The number of aromatic nitrogens is 1. The maximum absolute atomic E-state index is 12.9. The monoisotopic (exact) mass is 498 g/mol. The van der Waals surface area contributed by atoms with E-state index in [0.29, 0.717) is 28.7 Å². The third-order valence-corrected chi connectivity index (χ3v) is 6.00. The zero-order valence-electron chi connectivity index (χ0n) is 21.6. The van der Waals surface area contributed by atoms with Gasteiger partial charge in [-0.2, -0.15) is 0 Å². The number of nitrogens with one attached hydrogen (secondary N) is 1. The molecule has 0 aliphatic carbocycles. The Bertz CT molecular complexity index is 1460. The van der Waals surface area contributed by atoms with Crippen LogP contribution in [-0.2, 0) is 11.8 Å². The largest absolute Gasteiger partial charge is 0.497 e. The second-order valence-corrected chi connectivity index (χ2v) is 8.28. The van der Waals surface area contributed by atoms with Crippen molar-refractivity contribution in [3.63, 3.8) is 0 Å². The molecule has 4 aromatic rings. The Hall–Kier alpha value is -4.65. The lowest BCUT2D eigenvalue weighted by Crippen LogP contribution is -2.09. The van der Waals surface area contributed by atoms with Gasteiger partial charge in [-0.15, -0.1) is 0 Å².